The van der Waals surface area contributed by atoms with E-state index in [4.69, 9.17) is 9.68 Å². The highest BCUT2D eigenvalue weighted by Gasteiger charge is 2.10. The first-order chi connectivity index (χ1) is 9.19. The molecule has 1 amide bonds. The van der Waals surface area contributed by atoms with E-state index in [-0.39, 0.29) is 5.57 Å². The van der Waals surface area contributed by atoms with E-state index in [0.717, 1.165) is 5.56 Å². The number of anilines is 1. The van der Waals surface area contributed by atoms with Crippen LogP contribution in [-0.2, 0) is 4.79 Å². The maximum Gasteiger partial charge on any atom is 0.266 e. The van der Waals surface area contributed by atoms with Gasteiger partial charge in [-0.25, -0.2) is 0 Å². The van der Waals surface area contributed by atoms with Crippen LogP contribution in [0.4, 0.5) is 5.69 Å². The molecule has 2 aromatic rings. The minimum atomic E-state index is -0.454. The van der Waals surface area contributed by atoms with E-state index in [9.17, 15) is 4.79 Å². The summed E-state index contributed by atoms with van der Waals surface area (Å²) in [5.74, 6) is 0.0143. The molecule has 1 heterocycles. The van der Waals surface area contributed by atoms with E-state index in [1.165, 1.54) is 12.3 Å². The summed E-state index contributed by atoms with van der Waals surface area (Å²) >= 11 is 0. The Morgan fingerprint density at radius 3 is 2.84 bits per heavy atom. The van der Waals surface area contributed by atoms with E-state index in [1.54, 1.807) is 18.2 Å². The SMILES string of the molecule is Cc1cccc(NC(=O)C(C#N)=Cc2ccco2)c1. The predicted octanol–water partition coefficient (Wildman–Crippen LogP) is 3.13. The van der Waals surface area contributed by atoms with Crippen LogP contribution in [0.25, 0.3) is 6.08 Å². The average Bonchev–Trinajstić information content (AvgIpc) is 2.88. The summed E-state index contributed by atoms with van der Waals surface area (Å²) in [5.41, 5.74) is 1.69. The Morgan fingerprint density at radius 1 is 1.37 bits per heavy atom. The number of amides is 1. The van der Waals surface area contributed by atoms with E-state index in [0.29, 0.717) is 11.4 Å². The van der Waals surface area contributed by atoms with Gasteiger partial charge in [-0.3, -0.25) is 4.79 Å². The lowest BCUT2D eigenvalue weighted by Crippen LogP contribution is -2.13. The number of hydrogen-bond donors (Lipinski definition) is 1. The van der Waals surface area contributed by atoms with Gasteiger partial charge in [0.1, 0.15) is 17.4 Å². The van der Waals surface area contributed by atoms with Crippen molar-refractivity contribution in [2.75, 3.05) is 5.32 Å². The van der Waals surface area contributed by atoms with Crippen molar-refractivity contribution in [1.29, 1.82) is 5.26 Å². The first kappa shape index (κ1) is 12.7. The predicted molar refractivity (Wildman–Crippen MR) is 72.1 cm³/mol. The number of nitrogens with zero attached hydrogens (tertiary/aromatic N) is 1. The normalized spacial score (nSPS) is 10.8. The molecule has 4 heteroatoms. The zero-order chi connectivity index (χ0) is 13.7. The van der Waals surface area contributed by atoms with Gasteiger partial charge in [-0.1, -0.05) is 12.1 Å². The van der Waals surface area contributed by atoms with Gasteiger partial charge >= 0.3 is 0 Å². The summed E-state index contributed by atoms with van der Waals surface area (Å²) in [6.07, 6.45) is 2.89. The minimum absolute atomic E-state index is 0.00328. The Bertz CT molecular complexity index is 649. The molecule has 0 saturated carbocycles. The van der Waals surface area contributed by atoms with Gasteiger partial charge in [-0.15, -0.1) is 0 Å². The number of hydrogen-bond acceptors (Lipinski definition) is 3. The summed E-state index contributed by atoms with van der Waals surface area (Å²) in [7, 11) is 0. The standard InChI is InChI=1S/C15H12N2O2/c1-11-4-2-5-13(8-11)17-15(18)12(10-16)9-14-6-3-7-19-14/h2-9H,1H3,(H,17,18). The molecule has 0 radical (unpaired) electrons. The van der Waals surface area contributed by atoms with Crippen molar-refractivity contribution in [2.45, 2.75) is 6.92 Å². The van der Waals surface area contributed by atoms with E-state index in [2.05, 4.69) is 5.32 Å². The number of aryl methyl sites for hydroxylation is 1. The van der Waals surface area contributed by atoms with Crippen molar-refractivity contribution >= 4 is 17.7 Å². The van der Waals surface area contributed by atoms with Crippen LogP contribution in [0.5, 0.6) is 0 Å². The van der Waals surface area contributed by atoms with Crippen molar-refractivity contribution in [3.63, 3.8) is 0 Å². The number of rotatable bonds is 3. The van der Waals surface area contributed by atoms with Crippen LogP contribution < -0.4 is 5.32 Å². The highest BCUT2D eigenvalue weighted by Crippen LogP contribution is 2.12. The van der Waals surface area contributed by atoms with Gasteiger partial charge < -0.3 is 9.73 Å². The topological polar surface area (TPSA) is 66.0 Å². The molecule has 0 aliphatic rings. The molecule has 0 aliphatic carbocycles. The molecule has 0 atom stereocenters. The maximum atomic E-state index is 11.9. The Kier molecular flexibility index (Phi) is 3.79. The lowest BCUT2D eigenvalue weighted by molar-refractivity contribution is -0.112. The Labute approximate surface area is 111 Å². The molecule has 0 fully saturated rings. The van der Waals surface area contributed by atoms with Crippen LogP contribution in [0.3, 0.4) is 0 Å². The van der Waals surface area contributed by atoms with Crippen molar-refractivity contribution in [1.82, 2.24) is 0 Å². The third-order valence-electron chi connectivity index (χ3n) is 2.47. The molecule has 1 N–H and O–H groups in total. The van der Waals surface area contributed by atoms with Gasteiger partial charge in [0.25, 0.3) is 5.91 Å². The van der Waals surface area contributed by atoms with Gasteiger partial charge in [0, 0.05) is 11.8 Å². The number of nitriles is 1. The lowest BCUT2D eigenvalue weighted by atomic mass is 10.2. The van der Waals surface area contributed by atoms with Crippen LogP contribution in [0.15, 0.2) is 52.7 Å². The van der Waals surface area contributed by atoms with Crippen LogP contribution in [0.1, 0.15) is 11.3 Å². The molecule has 94 valence electrons. The van der Waals surface area contributed by atoms with Gasteiger partial charge in [0.05, 0.1) is 6.26 Å². The Balaban J connectivity index is 2.17. The monoisotopic (exact) mass is 252 g/mol. The molecular weight excluding hydrogens is 240 g/mol. The summed E-state index contributed by atoms with van der Waals surface area (Å²) < 4.78 is 5.08. The highest BCUT2D eigenvalue weighted by atomic mass is 16.3. The van der Waals surface area contributed by atoms with Gasteiger partial charge in [-0.05, 0) is 36.8 Å². The highest BCUT2D eigenvalue weighted by molar-refractivity contribution is 6.09. The lowest BCUT2D eigenvalue weighted by Gasteiger charge is -2.04. The minimum Gasteiger partial charge on any atom is -0.465 e. The molecule has 1 aromatic heterocycles. The van der Waals surface area contributed by atoms with Crippen molar-refractivity contribution < 1.29 is 9.21 Å². The number of nitrogens with one attached hydrogen (secondary N) is 1. The Morgan fingerprint density at radius 2 is 2.21 bits per heavy atom. The molecule has 0 unspecified atom stereocenters. The number of carbonyl (C=O) groups excluding carboxylic acids is 1. The molecular formula is C15H12N2O2. The van der Waals surface area contributed by atoms with Crippen molar-refractivity contribution in [3.05, 3.63) is 59.6 Å². The largest absolute Gasteiger partial charge is 0.465 e. The fourth-order valence-electron chi connectivity index (χ4n) is 1.59. The first-order valence-electron chi connectivity index (χ1n) is 5.72. The van der Waals surface area contributed by atoms with E-state index in [1.807, 2.05) is 31.2 Å². The number of benzene rings is 1. The van der Waals surface area contributed by atoms with Gasteiger partial charge in [-0.2, -0.15) is 5.26 Å². The van der Waals surface area contributed by atoms with Crippen LogP contribution >= 0.6 is 0 Å². The summed E-state index contributed by atoms with van der Waals surface area (Å²) in [6.45, 7) is 1.93. The second-order valence-electron chi connectivity index (χ2n) is 4.01. The number of furan rings is 1. The quantitative estimate of drug-likeness (QED) is 0.674. The van der Waals surface area contributed by atoms with Gasteiger partial charge in [0.15, 0.2) is 0 Å². The average molecular weight is 252 g/mol. The molecule has 0 aliphatic heterocycles. The second kappa shape index (κ2) is 5.69. The zero-order valence-electron chi connectivity index (χ0n) is 10.4. The third-order valence-corrected chi connectivity index (χ3v) is 2.47. The van der Waals surface area contributed by atoms with Crippen LogP contribution in [0.2, 0.25) is 0 Å². The molecule has 4 nitrogen and oxygen atoms in total. The Hall–Kier alpha value is -2.80. The van der Waals surface area contributed by atoms with Crippen molar-refractivity contribution in [3.8, 4) is 6.07 Å². The number of carbonyl (C=O) groups is 1. The maximum absolute atomic E-state index is 11.9. The molecule has 2 rings (SSSR count). The summed E-state index contributed by atoms with van der Waals surface area (Å²) in [4.78, 5) is 11.9. The summed E-state index contributed by atoms with van der Waals surface area (Å²) in [5, 5.41) is 11.7. The third kappa shape index (κ3) is 3.33. The first-order valence-corrected chi connectivity index (χ1v) is 5.72. The van der Waals surface area contributed by atoms with Gasteiger partial charge in [0.2, 0.25) is 0 Å². The van der Waals surface area contributed by atoms with E-state index >= 15 is 0 Å². The molecule has 19 heavy (non-hydrogen) atoms. The molecule has 0 bridgehead atoms. The van der Waals surface area contributed by atoms with Crippen molar-refractivity contribution in [2.24, 2.45) is 0 Å². The zero-order valence-corrected chi connectivity index (χ0v) is 10.4. The van der Waals surface area contributed by atoms with Crippen LogP contribution in [-0.4, -0.2) is 5.91 Å². The van der Waals surface area contributed by atoms with Crippen LogP contribution in [0, 0.1) is 18.3 Å². The fourth-order valence-corrected chi connectivity index (χ4v) is 1.59. The fraction of sp³-hybridized carbons (Fsp3) is 0.0667. The second-order valence-corrected chi connectivity index (χ2v) is 4.01. The smallest absolute Gasteiger partial charge is 0.266 e. The van der Waals surface area contributed by atoms with E-state index < -0.39 is 5.91 Å². The molecule has 0 spiro atoms. The summed E-state index contributed by atoms with van der Waals surface area (Å²) in [6, 6.07) is 12.6. The molecule has 1 aromatic carbocycles. The molecule has 0 saturated heterocycles.